The number of nitriles is 4. The van der Waals surface area contributed by atoms with Crippen LogP contribution in [0.2, 0.25) is 29.6 Å². The summed E-state index contributed by atoms with van der Waals surface area (Å²) in [4.78, 5) is 15.1. The second-order valence-corrected chi connectivity index (χ2v) is 43.4. The van der Waals surface area contributed by atoms with E-state index in [2.05, 4.69) is 62.7 Å². The number of nitrogens with zero attached hydrogens (tertiary/aromatic N) is 6. The van der Waals surface area contributed by atoms with Crippen molar-refractivity contribution in [2.75, 3.05) is 0 Å². The van der Waals surface area contributed by atoms with Gasteiger partial charge in [0.25, 0.3) is 0 Å². The molecule has 1 aromatic carbocycles. The first kappa shape index (κ1) is 26.1. The standard InChI is InChI=1S/C18H2N6S3.6CH3.2Sn/c19-3-9-1-13(25-7-9)15-11(5-21)12(6-22)16(18-17(15)23-27-24-18)14-2-10(4-20)8-26-14;;;;;;;;/h1-2H;6*1H3;;. The van der Waals surface area contributed by atoms with Crippen LogP contribution >= 0.6 is 34.4 Å². The number of hydrogen-bond acceptors (Lipinski definition) is 9. The monoisotopic (exact) mass is 728 g/mol. The summed E-state index contributed by atoms with van der Waals surface area (Å²) in [7, 11) is 0. The van der Waals surface area contributed by atoms with Crippen LogP contribution in [0, 0.1) is 45.3 Å². The summed E-state index contributed by atoms with van der Waals surface area (Å²) in [5.41, 5.74) is 4.07. The SMILES string of the molecule is [CH3][Sn]([CH3])([CH3])[c]1sc(-c2c(C#N)c(C#N)c(-c3cc(C#N)[c]([Sn]([CH3])([CH3])[CH3])s3)c3nsnc23)cc1C#N. The zero-order valence-corrected chi connectivity index (χ0v) is 28.2. The van der Waals surface area contributed by atoms with E-state index in [9.17, 15) is 21.0 Å². The van der Waals surface area contributed by atoms with Gasteiger partial charge >= 0.3 is 227 Å². The van der Waals surface area contributed by atoms with Crippen LogP contribution in [0.15, 0.2) is 12.1 Å². The molecule has 0 bridgehead atoms. The molecule has 4 aromatic rings. The average molecular weight is 726 g/mol. The van der Waals surface area contributed by atoms with Gasteiger partial charge in [-0.15, -0.1) is 0 Å². The Labute approximate surface area is 224 Å². The Balaban J connectivity index is 2.12. The van der Waals surface area contributed by atoms with Crippen LogP contribution in [-0.2, 0) is 0 Å². The van der Waals surface area contributed by atoms with Crippen LogP contribution in [0.4, 0.5) is 0 Å². The number of rotatable bonds is 4. The molecule has 0 atom stereocenters. The summed E-state index contributed by atoms with van der Waals surface area (Å²) in [6, 6.07) is 12.9. The van der Waals surface area contributed by atoms with Gasteiger partial charge in [0.05, 0.1) is 0 Å². The molecule has 172 valence electrons. The van der Waals surface area contributed by atoms with E-state index in [0.717, 1.165) is 27.3 Å². The van der Waals surface area contributed by atoms with Crippen LogP contribution in [0.25, 0.3) is 31.9 Å². The molecule has 0 unspecified atom stereocenters. The van der Waals surface area contributed by atoms with Crippen LogP contribution < -0.4 is 5.79 Å². The number of hydrogen-bond donors (Lipinski definition) is 0. The Hall–Kier alpha value is -2.00. The molecule has 11 heteroatoms. The van der Waals surface area contributed by atoms with Crippen molar-refractivity contribution in [1.82, 2.24) is 8.75 Å². The van der Waals surface area contributed by atoms with Crippen LogP contribution in [0.3, 0.4) is 0 Å². The molecule has 0 N–H and O–H groups in total. The van der Waals surface area contributed by atoms with Crippen molar-refractivity contribution in [2.24, 2.45) is 0 Å². The van der Waals surface area contributed by atoms with E-state index < -0.39 is 36.8 Å². The topological polar surface area (TPSA) is 121 Å². The summed E-state index contributed by atoms with van der Waals surface area (Å²) in [5, 5.41) is 40.1. The van der Waals surface area contributed by atoms with Gasteiger partial charge in [0.15, 0.2) is 0 Å². The summed E-state index contributed by atoms with van der Waals surface area (Å²) >= 11 is -1.09. The third kappa shape index (κ3) is 4.50. The molecule has 3 heterocycles. The summed E-state index contributed by atoms with van der Waals surface area (Å²) in [6.07, 6.45) is 0. The number of benzene rings is 1. The Morgan fingerprint density at radius 3 is 1.26 bits per heavy atom. The van der Waals surface area contributed by atoms with Crippen LogP contribution in [0.1, 0.15) is 22.3 Å². The van der Waals surface area contributed by atoms with Crippen LogP contribution in [-0.4, -0.2) is 45.5 Å². The molecular weight excluding hydrogens is 706 g/mol. The average Bonchev–Trinajstić information content (AvgIpc) is 3.53. The fourth-order valence-electron chi connectivity index (χ4n) is 4.02. The van der Waals surface area contributed by atoms with Crippen molar-refractivity contribution in [2.45, 2.75) is 29.6 Å². The summed E-state index contributed by atoms with van der Waals surface area (Å²) in [6.45, 7) is 0. The van der Waals surface area contributed by atoms with Gasteiger partial charge in [0.2, 0.25) is 0 Å². The molecule has 0 amide bonds. The molecule has 0 aliphatic rings. The molecule has 0 fully saturated rings. The first-order valence-corrected chi connectivity index (χ1v) is 33.0. The quantitative estimate of drug-likeness (QED) is 0.248. The van der Waals surface area contributed by atoms with Crippen molar-refractivity contribution in [3.63, 3.8) is 0 Å². The Kier molecular flexibility index (Phi) is 7.05. The zero-order valence-electron chi connectivity index (χ0n) is 20.1. The zero-order chi connectivity index (χ0) is 25.7. The van der Waals surface area contributed by atoms with Gasteiger partial charge in [-0.25, -0.2) is 0 Å². The third-order valence-electron chi connectivity index (χ3n) is 5.50. The van der Waals surface area contributed by atoms with Gasteiger partial charge in [0, 0.05) is 0 Å². The molecule has 0 saturated carbocycles. The summed E-state index contributed by atoms with van der Waals surface area (Å²) < 4.78 is 11.4. The molecule has 3 aromatic heterocycles. The molecule has 0 saturated heterocycles. The van der Waals surface area contributed by atoms with Crippen molar-refractivity contribution >= 4 is 88.0 Å². The van der Waals surface area contributed by atoms with E-state index in [1.165, 1.54) is 0 Å². The van der Waals surface area contributed by atoms with Gasteiger partial charge in [-0.1, -0.05) is 0 Å². The molecule has 0 aliphatic carbocycles. The summed E-state index contributed by atoms with van der Waals surface area (Å²) in [5.74, 6) is 0. The van der Waals surface area contributed by atoms with Crippen molar-refractivity contribution < 1.29 is 0 Å². The first-order valence-electron chi connectivity index (χ1n) is 10.7. The van der Waals surface area contributed by atoms with Gasteiger partial charge < -0.3 is 0 Å². The molecule has 4 rings (SSSR count). The predicted molar refractivity (Wildman–Crippen MR) is 149 cm³/mol. The Bertz CT molecular complexity index is 1550. The van der Waals surface area contributed by atoms with Crippen molar-refractivity contribution in [3.8, 4) is 45.2 Å². The van der Waals surface area contributed by atoms with E-state index in [-0.39, 0.29) is 11.1 Å². The molecule has 6 nitrogen and oxygen atoms in total. The van der Waals surface area contributed by atoms with E-state index >= 15 is 0 Å². The van der Waals surface area contributed by atoms with E-state index in [1.807, 2.05) is 12.1 Å². The minimum absolute atomic E-state index is 0.247. The maximum atomic E-state index is 10.3. The second-order valence-electron chi connectivity index (χ2n) is 10.1. The predicted octanol–water partition coefficient (Wildman–Crippen LogP) is 5.73. The fourth-order valence-corrected chi connectivity index (χ4v) is 19.5. The number of aromatic nitrogens is 2. The molecule has 0 spiro atoms. The van der Waals surface area contributed by atoms with Gasteiger partial charge in [-0.3, -0.25) is 0 Å². The van der Waals surface area contributed by atoms with Crippen molar-refractivity contribution in [3.05, 3.63) is 34.4 Å². The Morgan fingerprint density at radius 1 is 0.629 bits per heavy atom. The minimum atomic E-state index is -2.61. The van der Waals surface area contributed by atoms with E-state index in [0.29, 0.717) is 33.3 Å². The first-order chi connectivity index (χ1) is 16.5. The molecular formula is C24H20N6S3Sn2. The normalized spacial score (nSPS) is 11.6. The fraction of sp³-hybridized carbons (Fsp3) is 0.250. The molecule has 0 radical (unpaired) electrons. The van der Waals surface area contributed by atoms with Gasteiger partial charge in [-0.2, -0.15) is 0 Å². The van der Waals surface area contributed by atoms with Crippen molar-refractivity contribution in [1.29, 1.82) is 21.0 Å². The molecule has 35 heavy (non-hydrogen) atoms. The number of thiophene rings is 2. The Morgan fingerprint density at radius 2 is 1.00 bits per heavy atom. The van der Waals surface area contributed by atoms with Crippen LogP contribution in [0.5, 0.6) is 0 Å². The van der Waals surface area contributed by atoms with Gasteiger partial charge in [0.1, 0.15) is 0 Å². The second kappa shape index (κ2) is 9.46. The maximum absolute atomic E-state index is 10.3. The van der Waals surface area contributed by atoms with E-state index in [4.69, 9.17) is 0 Å². The molecule has 0 aliphatic heterocycles. The third-order valence-corrected chi connectivity index (χ3v) is 27.2. The van der Waals surface area contributed by atoms with E-state index in [1.54, 1.807) is 22.7 Å². The van der Waals surface area contributed by atoms with Gasteiger partial charge in [-0.05, 0) is 0 Å². The number of fused-ring (bicyclic) bond motifs is 1.